The minimum absolute atomic E-state index is 0.519. The van der Waals surface area contributed by atoms with Gasteiger partial charge >= 0.3 is 0 Å². The highest BCUT2D eigenvalue weighted by Crippen LogP contribution is 2.26. The van der Waals surface area contributed by atoms with Gasteiger partial charge in [0.1, 0.15) is 5.82 Å². The van der Waals surface area contributed by atoms with Crippen LogP contribution in [0.3, 0.4) is 0 Å². The first-order valence-electron chi connectivity index (χ1n) is 10.00. The lowest BCUT2D eigenvalue weighted by Crippen LogP contribution is -2.46. The fourth-order valence-electron chi connectivity index (χ4n) is 3.96. The van der Waals surface area contributed by atoms with Gasteiger partial charge in [-0.1, -0.05) is 50.1 Å². The third-order valence-electron chi connectivity index (χ3n) is 5.61. The van der Waals surface area contributed by atoms with Crippen molar-refractivity contribution in [1.82, 2.24) is 14.9 Å². The van der Waals surface area contributed by atoms with Gasteiger partial charge in [-0.3, -0.25) is 0 Å². The second-order valence-electron chi connectivity index (χ2n) is 7.35. The summed E-state index contributed by atoms with van der Waals surface area (Å²) >= 11 is 0. The first-order chi connectivity index (χ1) is 12.8. The summed E-state index contributed by atoms with van der Waals surface area (Å²) in [5.41, 5.74) is 2.16. The predicted molar refractivity (Wildman–Crippen MR) is 108 cm³/mol. The fourth-order valence-corrected chi connectivity index (χ4v) is 3.96. The summed E-state index contributed by atoms with van der Waals surface area (Å²) in [5, 5.41) is 3.59. The van der Waals surface area contributed by atoms with Crippen molar-refractivity contribution < 1.29 is 0 Å². The maximum Gasteiger partial charge on any atom is 0.225 e. The third-order valence-corrected chi connectivity index (χ3v) is 5.61. The molecule has 0 unspecified atom stereocenters. The third kappa shape index (κ3) is 3.98. The molecule has 2 heterocycles. The smallest absolute Gasteiger partial charge is 0.225 e. The molecule has 0 amide bonds. The van der Waals surface area contributed by atoms with Crippen LogP contribution in [-0.4, -0.2) is 53.6 Å². The molecule has 2 fully saturated rings. The molecule has 1 N–H and O–H groups in total. The molecule has 2 aliphatic rings. The Kier molecular flexibility index (Phi) is 5.34. The average molecular weight is 351 g/mol. The van der Waals surface area contributed by atoms with Gasteiger partial charge < -0.3 is 15.1 Å². The van der Waals surface area contributed by atoms with E-state index in [1.807, 2.05) is 6.07 Å². The quantitative estimate of drug-likeness (QED) is 0.891. The van der Waals surface area contributed by atoms with Gasteiger partial charge in [-0.05, 0) is 19.4 Å². The van der Waals surface area contributed by atoms with Crippen LogP contribution < -0.4 is 10.2 Å². The molecule has 1 aromatic heterocycles. The first kappa shape index (κ1) is 17.3. The Morgan fingerprint density at radius 1 is 1.00 bits per heavy atom. The molecule has 5 nitrogen and oxygen atoms in total. The number of hydrogen-bond acceptors (Lipinski definition) is 5. The van der Waals surface area contributed by atoms with E-state index in [0.29, 0.717) is 6.04 Å². The Balaban J connectivity index is 1.61. The van der Waals surface area contributed by atoms with E-state index in [9.17, 15) is 0 Å². The first-order valence-corrected chi connectivity index (χ1v) is 10.00. The zero-order valence-electron chi connectivity index (χ0n) is 15.7. The molecule has 1 aliphatic carbocycles. The number of rotatable bonds is 5. The van der Waals surface area contributed by atoms with Gasteiger partial charge in [-0.25, -0.2) is 4.98 Å². The topological polar surface area (TPSA) is 44.3 Å². The molecule has 0 bridgehead atoms. The van der Waals surface area contributed by atoms with Crippen molar-refractivity contribution in [2.24, 2.45) is 0 Å². The average Bonchev–Trinajstić information content (AvgIpc) is 3.21. The monoisotopic (exact) mass is 351 g/mol. The van der Waals surface area contributed by atoms with Crippen LogP contribution in [0.4, 0.5) is 11.8 Å². The standard InChI is InChI=1S/C21H29N5/c1-2-25-12-14-26(15-13-25)20-16-19(17-8-4-3-5-9-17)23-21(24-20)22-18-10-6-7-11-18/h3-5,8-9,16,18H,2,6-7,10-15H2,1H3,(H,22,23,24). The molecule has 1 aliphatic heterocycles. The Morgan fingerprint density at radius 3 is 2.42 bits per heavy atom. The molecular formula is C21H29N5. The predicted octanol–water partition coefficient (Wildman–Crippen LogP) is 3.64. The second-order valence-corrected chi connectivity index (χ2v) is 7.35. The number of piperazine rings is 1. The van der Waals surface area contributed by atoms with E-state index in [1.54, 1.807) is 0 Å². The molecule has 1 saturated heterocycles. The Morgan fingerprint density at radius 2 is 1.73 bits per heavy atom. The van der Waals surface area contributed by atoms with Crippen molar-refractivity contribution in [3.63, 3.8) is 0 Å². The number of hydrogen-bond donors (Lipinski definition) is 1. The summed E-state index contributed by atoms with van der Waals surface area (Å²) in [7, 11) is 0. The normalized spacial score (nSPS) is 19.0. The second kappa shape index (κ2) is 8.04. The number of nitrogens with one attached hydrogen (secondary N) is 1. The van der Waals surface area contributed by atoms with Crippen LogP contribution in [0.15, 0.2) is 36.4 Å². The maximum atomic E-state index is 4.88. The SMILES string of the molecule is CCN1CCN(c2cc(-c3ccccc3)nc(NC3CCCC3)n2)CC1. The van der Waals surface area contributed by atoms with E-state index in [2.05, 4.69) is 52.4 Å². The summed E-state index contributed by atoms with van der Waals surface area (Å²) in [6, 6.07) is 13.1. The minimum atomic E-state index is 0.519. The molecule has 0 spiro atoms. The van der Waals surface area contributed by atoms with Crippen LogP contribution in [0, 0.1) is 0 Å². The molecule has 2 aromatic rings. The van der Waals surface area contributed by atoms with Gasteiger partial charge in [0.15, 0.2) is 0 Å². The van der Waals surface area contributed by atoms with Gasteiger partial charge in [0.25, 0.3) is 0 Å². The summed E-state index contributed by atoms with van der Waals surface area (Å²) in [6.45, 7) is 7.63. The van der Waals surface area contributed by atoms with Crippen molar-refractivity contribution in [2.75, 3.05) is 42.9 Å². The molecular weight excluding hydrogens is 322 g/mol. The van der Waals surface area contributed by atoms with Gasteiger partial charge in [-0.15, -0.1) is 0 Å². The van der Waals surface area contributed by atoms with E-state index in [4.69, 9.17) is 9.97 Å². The van der Waals surface area contributed by atoms with Crippen LogP contribution in [-0.2, 0) is 0 Å². The van der Waals surface area contributed by atoms with E-state index in [0.717, 1.165) is 55.7 Å². The number of aromatic nitrogens is 2. The molecule has 0 atom stereocenters. The molecule has 26 heavy (non-hydrogen) atoms. The van der Waals surface area contributed by atoms with Gasteiger partial charge in [0, 0.05) is 43.9 Å². The lowest BCUT2D eigenvalue weighted by atomic mass is 10.1. The highest BCUT2D eigenvalue weighted by Gasteiger charge is 2.20. The maximum absolute atomic E-state index is 4.88. The lowest BCUT2D eigenvalue weighted by molar-refractivity contribution is 0.270. The Bertz CT molecular complexity index is 704. The number of likely N-dealkylation sites (N-methyl/N-ethyl adjacent to an activating group) is 1. The Labute approximate surface area is 156 Å². The van der Waals surface area contributed by atoms with Crippen LogP contribution >= 0.6 is 0 Å². The molecule has 138 valence electrons. The summed E-state index contributed by atoms with van der Waals surface area (Å²) in [4.78, 5) is 14.6. The van der Waals surface area contributed by atoms with E-state index >= 15 is 0 Å². The highest BCUT2D eigenvalue weighted by atomic mass is 15.3. The van der Waals surface area contributed by atoms with Crippen molar-refractivity contribution >= 4 is 11.8 Å². The van der Waals surface area contributed by atoms with Gasteiger partial charge in [0.05, 0.1) is 5.69 Å². The fraction of sp³-hybridized carbons (Fsp3) is 0.524. The molecule has 1 aromatic carbocycles. The molecule has 0 radical (unpaired) electrons. The van der Waals surface area contributed by atoms with E-state index in [1.165, 1.54) is 25.7 Å². The summed E-state index contributed by atoms with van der Waals surface area (Å²) < 4.78 is 0. The summed E-state index contributed by atoms with van der Waals surface area (Å²) in [5.74, 6) is 1.83. The number of benzene rings is 1. The summed E-state index contributed by atoms with van der Waals surface area (Å²) in [6.07, 6.45) is 5.07. The van der Waals surface area contributed by atoms with Crippen LogP contribution in [0.5, 0.6) is 0 Å². The van der Waals surface area contributed by atoms with E-state index in [-0.39, 0.29) is 0 Å². The van der Waals surface area contributed by atoms with Crippen molar-refractivity contribution in [1.29, 1.82) is 0 Å². The molecule has 1 saturated carbocycles. The van der Waals surface area contributed by atoms with Crippen molar-refractivity contribution in [3.05, 3.63) is 36.4 Å². The lowest BCUT2D eigenvalue weighted by Gasteiger charge is -2.35. The van der Waals surface area contributed by atoms with Gasteiger partial charge in [0.2, 0.25) is 5.95 Å². The van der Waals surface area contributed by atoms with Crippen LogP contribution in [0.2, 0.25) is 0 Å². The van der Waals surface area contributed by atoms with Gasteiger partial charge in [-0.2, -0.15) is 4.98 Å². The minimum Gasteiger partial charge on any atom is -0.354 e. The molecule has 5 heteroatoms. The van der Waals surface area contributed by atoms with Crippen molar-refractivity contribution in [3.8, 4) is 11.3 Å². The zero-order chi connectivity index (χ0) is 17.8. The zero-order valence-corrected chi connectivity index (χ0v) is 15.7. The largest absolute Gasteiger partial charge is 0.354 e. The number of nitrogens with zero attached hydrogens (tertiary/aromatic N) is 4. The molecule has 4 rings (SSSR count). The van der Waals surface area contributed by atoms with Crippen molar-refractivity contribution in [2.45, 2.75) is 38.6 Å². The highest BCUT2D eigenvalue weighted by molar-refractivity contribution is 5.65. The number of anilines is 2. The Hall–Kier alpha value is -2.14. The van der Waals surface area contributed by atoms with E-state index < -0.39 is 0 Å². The van der Waals surface area contributed by atoms with Crippen LogP contribution in [0.1, 0.15) is 32.6 Å². The van der Waals surface area contributed by atoms with Crippen LogP contribution in [0.25, 0.3) is 11.3 Å².